The monoisotopic (exact) mass is 283 g/mol. The Bertz CT molecular complexity index is 393. The van der Waals surface area contributed by atoms with Gasteiger partial charge in [0.1, 0.15) is 4.60 Å². The van der Waals surface area contributed by atoms with Gasteiger partial charge in [-0.1, -0.05) is 19.3 Å². The Morgan fingerprint density at radius 1 is 1.19 bits per heavy atom. The SMILES string of the molecule is CN1Cc2nn(C3CCCCC3)c(Br)c2C1. The summed E-state index contributed by atoms with van der Waals surface area (Å²) in [5.74, 6) is 0. The summed E-state index contributed by atoms with van der Waals surface area (Å²) in [5, 5.41) is 4.79. The second kappa shape index (κ2) is 4.15. The molecule has 1 aliphatic heterocycles. The summed E-state index contributed by atoms with van der Waals surface area (Å²) < 4.78 is 3.48. The maximum absolute atomic E-state index is 4.79. The van der Waals surface area contributed by atoms with E-state index in [4.69, 9.17) is 5.10 Å². The number of rotatable bonds is 1. The van der Waals surface area contributed by atoms with Crippen molar-refractivity contribution < 1.29 is 0 Å². The molecule has 1 aromatic heterocycles. The van der Waals surface area contributed by atoms with Gasteiger partial charge < -0.3 is 0 Å². The van der Waals surface area contributed by atoms with E-state index in [1.807, 2.05) is 0 Å². The first kappa shape index (κ1) is 10.8. The van der Waals surface area contributed by atoms with Crippen LogP contribution in [0.3, 0.4) is 0 Å². The Morgan fingerprint density at radius 2 is 1.94 bits per heavy atom. The van der Waals surface area contributed by atoms with Crippen LogP contribution in [-0.2, 0) is 13.1 Å². The minimum Gasteiger partial charge on any atom is -0.296 e. The minimum absolute atomic E-state index is 0.638. The minimum atomic E-state index is 0.638. The third-order valence-corrected chi connectivity index (χ3v) is 4.64. The Labute approximate surface area is 105 Å². The van der Waals surface area contributed by atoms with Crippen LogP contribution in [0, 0.1) is 0 Å². The summed E-state index contributed by atoms with van der Waals surface area (Å²) in [6, 6.07) is 0.638. The van der Waals surface area contributed by atoms with Crippen LogP contribution in [-0.4, -0.2) is 21.7 Å². The van der Waals surface area contributed by atoms with Gasteiger partial charge in [-0.3, -0.25) is 9.58 Å². The molecule has 1 aliphatic carbocycles. The fourth-order valence-electron chi connectivity index (χ4n) is 2.92. The van der Waals surface area contributed by atoms with Crippen LogP contribution < -0.4 is 0 Å². The summed E-state index contributed by atoms with van der Waals surface area (Å²) in [5.41, 5.74) is 2.69. The number of fused-ring (bicyclic) bond motifs is 1. The number of hydrogen-bond acceptors (Lipinski definition) is 2. The molecule has 0 unspecified atom stereocenters. The average molecular weight is 284 g/mol. The van der Waals surface area contributed by atoms with E-state index < -0.39 is 0 Å². The second-order valence-corrected chi connectivity index (χ2v) is 5.88. The topological polar surface area (TPSA) is 21.1 Å². The van der Waals surface area contributed by atoms with Crippen molar-refractivity contribution >= 4 is 15.9 Å². The lowest BCUT2D eigenvalue weighted by Gasteiger charge is -2.23. The van der Waals surface area contributed by atoms with Crippen LogP contribution in [0.15, 0.2) is 4.60 Å². The Hall–Kier alpha value is -0.350. The fourth-order valence-corrected chi connectivity index (χ4v) is 3.65. The highest BCUT2D eigenvalue weighted by Gasteiger charge is 2.27. The second-order valence-electron chi connectivity index (χ2n) is 5.12. The normalized spacial score (nSPS) is 22.6. The third-order valence-electron chi connectivity index (χ3n) is 3.80. The molecule has 1 aromatic rings. The van der Waals surface area contributed by atoms with Gasteiger partial charge >= 0.3 is 0 Å². The number of nitrogens with zero attached hydrogens (tertiary/aromatic N) is 3. The molecule has 0 radical (unpaired) electrons. The molecule has 0 saturated heterocycles. The van der Waals surface area contributed by atoms with Gasteiger partial charge in [-0.2, -0.15) is 5.10 Å². The maximum atomic E-state index is 4.79. The van der Waals surface area contributed by atoms with Gasteiger partial charge in [0.2, 0.25) is 0 Å². The van der Waals surface area contributed by atoms with Gasteiger partial charge in [0, 0.05) is 18.7 Å². The summed E-state index contributed by atoms with van der Waals surface area (Å²) in [6.07, 6.45) is 6.73. The molecule has 0 spiro atoms. The molecule has 0 N–H and O–H groups in total. The Morgan fingerprint density at radius 3 is 2.62 bits per heavy atom. The Balaban J connectivity index is 1.89. The van der Waals surface area contributed by atoms with Crippen molar-refractivity contribution in [1.29, 1.82) is 0 Å². The first-order chi connectivity index (χ1) is 7.75. The molecule has 3 rings (SSSR count). The number of aromatic nitrogens is 2. The van der Waals surface area contributed by atoms with Crippen LogP contribution >= 0.6 is 15.9 Å². The average Bonchev–Trinajstić information content (AvgIpc) is 2.79. The molecule has 0 aromatic carbocycles. The van der Waals surface area contributed by atoms with Crippen molar-refractivity contribution in [3.05, 3.63) is 15.9 Å². The molecule has 2 heterocycles. The lowest BCUT2D eigenvalue weighted by atomic mass is 9.96. The van der Waals surface area contributed by atoms with E-state index in [1.54, 1.807) is 0 Å². The molecule has 1 fully saturated rings. The quantitative estimate of drug-likeness (QED) is 0.790. The van der Waals surface area contributed by atoms with E-state index >= 15 is 0 Å². The zero-order valence-corrected chi connectivity index (χ0v) is 11.3. The molecule has 4 heteroatoms. The fraction of sp³-hybridized carbons (Fsp3) is 0.750. The zero-order valence-electron chi connectivity index (χ0n) is 9.75. The highest BCUT2D eigenvalue weighted by molar-refractivity contribution is 9.10. The van der Waals surface area contributed by atoms with Crippen LogP contribution in [0.4, 0.5) is 0 Å². The molecule has 1 saturated carbocycles. The molecule has 3 nitrogen and oxygen atoms in total. The standard InChI is InChI=1S/C12H18BrN3/c1-15-7-10-11(8-15)14-16(12(10)13)9-5-3-2-4-6-9/h9H,2-8H2,1H3. The summed E-state index contributed by atoms with van der Waals surface area (Å²) in [4.78, 5) is 2.31. The van der Waals surface area contributed by atoms with Crippen LogP contribution in [0.5, 0.6) is 0 Å². The van der Waals surface area contributed by atoms with E-state index in [0.717, 1.165) is 13.1 Å². The molecule has 0 amide bonds. The molecule has 0 atom stereocenters. The van der Waals surface area contributed by atoms with Crippen molar-refractivity contribution in [1.82, 2.24) is 14.7 Å². The van der Waals surface area contributed by atoms with Gasteiger partial charge in [-0.25, -0.2) is 0 Å². The van der Waals surface area contributed by atoms with E-state index in [9.17, 15) is 0 Å². The largest absolute Gasteiger partial charge is 0.296 e. The lowest BCUT2D eigenvalue weighted by Crippen LogP contribution is -2.17. The van der Waals surface area contributed by atoms with Crippen LogP contribution in [0.2, 0.25) is 0 Å². The zero-order chi connectivity index (χ0) is 11.1. The van der Waals surface area contributed by atoms with E-state index in [0.29, 0.717) is 6.04 Å². The highest BCUT2D eigenvalue weighted by atomic mass is 79.9. The first-order valence-corrected chi connectivity index (χ1v) is 6.99. The lowest BCUT2D eigenvalue weighted by molar-refractivity contribution is 0.307. The number of halogens is 1. The van der Waals surface area contributed by atoms with E-state index in [1.165, 1.54) is 48.0 Å². The summed E-state index contributed by atoms with van der Waals surface area (Å²) in [7, 11) is 2.15. The van der Waals surface area contributed by atoms with Crippen molar-refractivity contribution in [3.8, 4) is 0 Å². The van der Waals surface area contributed by atoms with E-state index in [2.05, 4.69) is 32.6 Å². The highest BCUT2D eigenvalue weighted by Crippen LogP contribution is 2.35. The van der Waals surface area contributed by atoms with E-state index in [-0.39, 0.29) is 0 Å². The smallest absolute Gasteiger partial charge is 0.109 e. The molecular formula is C12H18BrN3. The molecular weight excluding hydrogens is 266 g/mol. The van der Waals surface area contributed by atoms with Crippen molar-refractivity contribution in [2.75, 3.05) is 7.05 Å². The van der Waals surface area contributed by atoms with Gasteiger partial charge in [-0.05, 0) is 35.8 Å². The van der Waals surface area contributed by atoms with Crippen LogP contribution in [0.25, 0.3) is 0 Å². The molecule has 0 bridgehead atoms. The number of hydrogen-bond donors (Lipinski definition) is 0. The molecule has 16 heavy (non-hydrogen) atoms. The predicted molar refractivity (Wildman–Crippen MR) is 67.2 cm³/mol. The van der Waals surface area contributed by atoms with Gasteiger partial charge in [0.15, 0.2) is 0 Å². The van der Waals surface area contributed by atoms with Crippen molar-refractivity contribution in [2.24, 2.45) is 0 Å². The van der Waals surface area contributed by atoms with Gasteiger partial charge in [0.25, 0.3) is 0 Å². The molecule has 88 valence electrons. The predicted octanol–water partition coefficient (Wildman–Crippen LogP) is 3.10. The summed E-state index contributed by atoms with van der Waals surface area (Å²) in [6.45, 7) is 2.05. The van der Waals surface area contributed by atoms with Gasteiger partial charge in [0.05, 0.1) is 11.7 Å². The third kappa shape index (κ3) is 1.72. The Kier molecular flexibility index (Phi) is 2.80. The van der Waals surface area contributed by atoms with Crippen molar-refractivity contribution in [3.63, 3.8) is 0 Å². The van der Waals surface area contributed by atoms with Crippen LogP contribution in [0.1, 0.15) is 49.4 Å². The molecule has 2 aliphatic rings. The van der Waals surface area contributed by atoms with Crippen molar-refractivity contribution in [2.45, 2.75) is 51.2 Å². The maximum Gasteiger partial charge on any atom is 0.109 e. The van der Waals surface area contributed by atoms with Gasteiger partial charge in [-0.15, -0.1) is 0 Å². The summed E-state index contributed by atoms with van der Waals surface area (Å²) >= 11 is 3.74. The first-order valence-electron chi connectivity index (χ1n) is 6.20.